The van der Waals surface area contributed by atoms with E-state index in [0.717, 1.165) is 30.6 Å². The molecule has 1 aromatic carbocycles. The third kappa shape index (κ3) is 2.94. The minimum absolute atomic E-state index is 0.445. The minimum atomic E-state index is -0.445. The predicted octanol–water partition coefficient (Wildman–Crippen LogP) is 3.10. The minimum Gasteiger partial charge on any atom is -0.387 e. The van der Waals surface area contributed by atoms with Gasteiger partial charge in [0.15, 0.2) is 0 Å². The third-order valence-corrected chi connectivity index (χ3v) is 2.80. The zero-order valence-corrected chi connectivity index (χ0v) is 10.1. The lowest BCUT2D eigenvalue weighted by atomic mass is 10.1. The molecule has 1 N–H and O–H groups in total. The summed E-state index contributed by atoms with van der Waals surface area (Å²) in [5.41, 5.74) is 1.77. The Kier molecular flexibility index (Phi) is 3.94. The summed E-state index contributed by atoms with van der Waals surface area (Å²) in [5, 5.41) is 14.3. The Morgan fingerprint density at radius 3 is 2.71 bits per heavy atom. The first-order valence-electron chi connectivity index (χ1n) is 6.10. The summed E-state index contributed by atoms with van der Waals surface area (Å²) >= 11 is 0. The summed E-state index contributed by atoms with van der Waals surface area (Å²) in [6, 6.07) is 11.8. The van der Waals surface area contributed by atoms with Crippen LogP contribution in [0.5, 0.6) is 0 Å². The standard InChI is InChI=1S/C14H18N2O/c1-2-3-9-14(17)13-10-11-16(15-13)12-7-5-4-6-8-12/h4-8,10-11,14,17H,2-3,9H2,1H3. The van der Waals surface area contributed by atoms with Crippen molar-refractivity contribution < 1.29 is 5.11 Å². The van der Waals surface area contributed by atoms with Crippen LogP contribution >= 0.6 is 0 Å². The lowest BCUT2D eigenvalue weighted by Crippen LogP contribution is -2.01. The monoisotopic (exact) mass is 230 g/mol. The van der Waals surface area contributed by atoms with Gasteiger partial charge in [-0.2, -0.15) is 5.10 Å². The number of hydrogen-bond acceptors (Lipinski definition) is 2. The molecule has 0 saturated carbocycles. The highest BCUT2D eigenvalue weighted by Gasteiger charge is 2.10. The van der Waals surface area contributed by atoms with Crippen molar-refractivity contribution in [1.82, 2.24) is 9.78 Å². The summed E-state index contributed by atoms with van der Waals surface area (Å²) in [6.45, 7) is 2.12. The van der Waals surface area contributed by atoms with E-state index in [2.05, 4.69) is 12.0 Å². The van der Waals surface area contributed by atoms with Crippen LogP contribution in [0.3, 0.4) is 0 Å². The first-order valence-corrected chi connectivity index (χ1v) is 6.10. The van der Waals surface area contributed by atoms with E-state index >= 15 is 0 Å². The molecule has 0 amide bonds. The molecule has 0 aliphatic rings. The predicted molar refractivity (Wildman–Crippen MR) is 68.0 cm³/mol. The molecule has 3 nitrogen and oxygen atoms in total. The smallest absolute Gasteiger partial charge is 0.0978 e. The summed E-state index contributed by atoms with van der Waals surface area (Å²) in [7, 11) is 0. The number of nitrogens with zero attached hydrogens (tertiary/aromatic N) is 2. The van der Waals surface area contributed by atoms with Crippen LogP contribution in [0.25, 0.3) is 5.69 Å². The third-order valence-electron chi connectivity index (χ3n) is 2.80. The van der Waals surface area contributed by atoms with Crippen molar-refractivity contribution in [3.05, 3.63) is 48.3 Å². The average Bonchev–Trinajstić information content (AvgIpc) is 2.86. The highest BCUT2D eigenvalue weighted by molar-refractivity contribution is 5.30. The van der Waals surface area contributed by atoms with Gasteiger partial charge in [0, 0.05) is 6.20 Å². The van der Waals surface area contributed by atoms with Crippen LogP contribution in [-0.2, 0) is 0 Å². The molecule has 0 bridgehead atoms. The lowest BCUT2D eigenvalue weighted by molar-refractivity contribution is 0.159. The Bertz CT molecular complexity index is 450. The fourth-order valence-electron chi connectivity index (χ4n) is 1.79. The van der Waals surface area contributed by atoms with Crippen LogP contribution in [0.1, 0.15) is 38.0 Å². The van der Waals surface area contributed by atoms with E-state index in [1.165, 1.54) is 0 Å². The number of hydrogen-bond donors (Lipinski definition) is 1. The van der Waals surface area contributed by atoms with Crippen LogP contribution in [0.4, 0.5) is 0 Å². The van der Waals surface area contributed by atoms with Gasteiger partial charge in [-0.1, -0.05) is 38.0 Å². The van der Waals surface area contributed by atoms with E-state index < -0.39 is 6.10 Å². The molecule has 0 spiro atoms. The number of aliphatic hydroxyl groups excluding tert-OH is 1. The van der Waals surface area contributed by atoms with E-state index in [1.807, 2.05) is 42.6 Å². The Labute approximate surface area is 102 Å². The van der Waals surface area contributed by atoms with Gasteiger partial charge in [0.05, 0.1) is 17.5 Å². The first-order chi connectivity index (χ1) is 8.31. The molecule has 90 valence electrons. The molecule has 0 radical (unpaired) electrons. The van der Waals surface area contributed by atoms with Crippen molar-refractivity contribution in [3.63, 3.8) is 0 Å². The van der Waals surface area contributed by atoms with Crippen molar-refractivity contribution in [2.24, 2.45) is 0 Å². The first kappa shape index (κ1) is 11.9. The van der Waals surface area contributed by atoms with Gasteiger partial charge in [-0.05, 0) is 24.6 Å². The van der Waals surface area contributed by atoms with Crippen molar-refractivity contribution in [3.8, 4) is 5.69 Å². The molecule has 0 fully saturated rings. The van der Waals surface area contributed by atoms with Crippen molar-refractivity contribution >= 4 is 0 Å². The lowest BCUT2D eigenvalue weighted by Gasteiger charge is -2.06. The fourth-order valence-corrected chi connectivity index (χ4v) is 1.79. The molecule has 3 heteroatoms. The maximum absolute atomic E-state index is 9.94. The number of benzene rings is 1. The molecule has 1 heterocycles. The zero-order valence-electron chi connectivity index (χ0n) is 10.1. The Morgan fingerprint density at radius 1 is 1.24 bits per heavy atom. The van der Waals surface area contributed by atoms with E-state index in [4.69, 9.17) is 0 Å². The maximum Gasteiger partial charge on any atom is 0.0978 e. The van der Waals surface area contributed by atoms with E-state index in [0.29, 0.717) is 0 Å². The van der Waals surface area contributed by atoms with Gasteiger partial charge in [-0.3, -0.25) is 0 Å². The highest BCUT2D eigenvalue weighted by atomic mass is 16.3. The maximum atomic E-state index is 9.94. The molecule has 2 aromatic rings. The number of aromatic nitrogens is 2. The van der Waals surface area contributed by atoms with E-state index in [1.54, 1.807) is 4.68 Å². The van der Waals surface area contributed by atoms with Crippen molar-refractivity contribution in [2.45, 2.75) is 32.3 Å². The zero-order chi connectivity index (χ0) is 12.1. The van der Waals surface area contributed by atoms with Crippen LogP contribution < -0.4 is 0 Å². The quantitative estimate of drug-likeness (QED) is 0.857. The normalized spacial score (nSPS) is 12.6. The molecule has 0 aliphatic carbocycles. The van der Waals surface area contributed by atoms with Crippen LogP contribution in [0, 0.1) is 0 Å². The Hall–Kier alpha value is -1.61. The number of para-hydroxylation sites is 1. The number of unbranched alkanes of at least 4 members (excludes halogenated alkanes) is 1. The van der Waals surface area contributed by atoms with E-state index in [-0.39, 0.29) is 0 Å². The van der Waals surface area contributed by atoms with Gasteiger partial charge in [0.2, 0.25) is 0 Å². The summed E-state index contributed by atoms with van der Waals surface area (Å²) in [5.74, 6) is 0. The second-order valence-electron chi connectivity index (χ2n) is 4.18. The van der Waals surface area contributed by atoms with Crippen LogP contribution in [0.15, 0.2) is 42.6 Å². The summed E-state index contributed by atoms with van der Waals surface area (Å²) in [6.07, 6.45) is 4.35. The molecular weight excluding hydrogens is 212 g/mol. The van der Waals surface area contributed by atoms with Crippen LogP contribution in [0.2, 0.25) is 0 Å². The number of aliphatic hydroxyl groups is 1. The molecule has 17 heavy (non-hydrogen) atoms. The fraction of sp³-hybridized carbons (Fsp3) is 0.357. The second kappa shape index (κ2) is 5.64. The van der Waals surface area contributed by atoms with Gasteiger partial charge < -0.3 is 5.11 Å². The largest absolute Gasteiger partial charge is 0.387 e. The molecule has 0 saturated heterocycles. The molecule has 1 atom stereocenters. The van der Waals surface area contributed by atoms with Gasteiger partial charge in [0.25, 0.3) is 0 Å². The molecule has 0 aliphatic heterocycles. The van der Waals surface area contributed by atoms with E-state index in [9.17, 15) is 5.11 Å². The SMILES string of the molecule is CCCCC(O)c1ccn(-c2ccccc2)n1. The van der Waals surface area contributed by atoms with Crippen LogP contribution in [-0.4, -0.2) is 14.9 Å². The molecule has 1 unspecified atom stereocenters. The number of rotatable bonds is 5. The van der Waals surface area contributed by atoms with Crippen molar-refractivity contribution in [1.29, 1.82) is 0 Å². The Morgan fingerprint density at radius 2 is 2.00 bits per heavy atom. The topological polar surface area (TPSA) is 38.0 Å². The average molecular weight is 230 g/mol. The van der Waals surface area contributed by atoms with Crippen molar-refractivity contribution in [2.75, 3.05) is 0 Å². The second-order valence-corrected chi connectivity index (χ2v) is 4.18. The molecular formula is C14H18N2O. The van der Waals surface area contributed by atoms with Gasteiger partial charge >= 0.3 is 0 Å². The highest BCUT2D eigenvalue weighted by Crippen LogP contribution is 2.18. The van der Waals surface area contributed by atoms with Gasteiger partial charge in [-0.15, -0.1) is 0 Å². The van der Waals surface area contributed by atoms with Gasteiger partial charge in [0.1, 0.15) is 0 Å². The molecule has 1 aromatic heterocycles. The van der Waals surface area contributed by atoms with Gasteiger partial charge in [-0.25, -0.2) is 4.68 Å². The molecule has 2 rings (SSSR count). The summed E-state index contributed by atoms with van der Waals surface area (Å²) < 4.78 is 1.80. The Balaban J connectivity index is 2.11. The summed E-state index contributed by atoms with van der Waals surface area (Å²) in [4.78, 5) is 0.